The fourth-order valence-electron chi connectivity index (χ4n) is 4.36. The molecule has 6 rings (SSSR count). The smallest absolute Gasteiger partial charge is 0.159 e. The minimum absolute atomic E-state index is 0. The maximum absolute atomic E-state index is 4.50. The molecular formula is C33H22IrN3-. The molecule has 37 heavy (non-hydrogen) atoms. The summed E-state index contributed by atoms with van der Waals surface area (Å²) < 4.78 is 0. The van der Waals surface area contributed by atoms with Crippen molar-refractivity contribution in [1.82, 2.24) is 15.0 Å². The number of hydrogen-bond acceptors (Lipinski definition) is 3. The van der Waals surface area contributed by atoms with Gasteiger partial charge in [-0.1, -0.05) is 60.7 Å². The molecule has 4 heteroatoms. The van der Waals surface area contributed by atoms with Crippen LogP contribution >= 0.6 is 0 Å². The van der Waals surface area contributed by atoms with Crippen molar-refractivity contribution < 1.29 is 20.1 Å². The van der Waals surface area contributed by atoms with Crippen LogP contribution in [0.2, 0.25) is 0 Å². The second kappa shape index (κ2) is 11.2. The Kier molecular flexibility index (Phi) is 7.41. The van der Waals surface area contributed by atoms with Crippen molar-refractivity contribution in [3.8, 4) is 56.0 Å². The molecule has 0 aliphatic rings. The Hall–Kier alpha value is -4.24. The summed E-state index contributed by atoms with van der Waals surface area (Å²) >= 11 is 0. The van der Waals surface area contributed by atoms with Crippen molar-refractivity contribution in [1.29, 1.82) is 0 Å². The fraction of sp³-hybridized carbons (Fsp3) is 0. The average Bonchev–Trinajstić information content (AvgIpc) is 2.98. The SMILES string of the molecule is [Ir].[c-]1ccc(-c2cccc(-c3cc(-c4ccccc4)cc(-c4ncccn4)c3)c2)cc1-c1ccccn1. The van der Waals surface area contributed by atoms with E-state index in [9.17, 15) is 0 Å². The van der Waals surface area contributed by atoms with E-state index in [-0.39, 0.29) is 20.1 Å². The summed E-state index contributed by atoms with van der Waals surface area (Å²) in [7, 11) is 0. The van der Waals surface area contributed by atoms with Crippen LogP contribution in [0.25, 0.3) is 56.0 Å². The van der Waals surface area contributed by atoms with Crippen LogP contribution in [0.5, 0.6) is 0 Å². The van der Waals surface area contributed by atoms with Crippen LogP contribution < -0.4 is 0 Å². The van der Waals surface area contributed by atoms with Gasteiger partial charge in [0.25, 0.3) is 0 Å². The van der Waals surface area contributed by atoms with Gasteiger partial charge in [-0.3, -0.25) is 0 Å². The van der Waals surface area contributed by atoms with E-state index in [4.69, 9.17) is 0 Å². The quantitative estimate of drug-likeness (QED) is 0.177. The molecule has 6 aromatic rings. The van der Waals surface area contributed by atoms with Gasteiger partial charge in [-0.25, -0.2) is 9.97 Å². The molecule has 3 nitrogen and oxygen atoms in total. The van der Waals surface area contributed by atoms with Crippen molar-refractivity contribution in [3.05, 3.63) is 140 Å². The van der Waals surface area contributed by atoms with Gasteiger partial charge in [-0.05, 0) is 69.9 Å². The molecular weight excluding hydrogens is 631 g/mol. The Morgan fingerprint density at radius 3 is 1.78 bits per heavy atom. The topological polar surface area (TPSA) is 38.7 Å². The third-order valence-electron chi connectivity index (χ3n) is 6.14. The maximum atomic E-state index is 4.50. The predicted molar refractivity (Wildman–Crippen MR) is 146 cm³/mol. The molecule has 0 spiro atoms. The van der Waals surface area contributed by atoms with Crippen LogP contribution in [0.4, 0.5) is 0 Å². The zero-order chi connectivity index (χ0) is 24.2. The van der Waals surface area contributed by atoms with E-state index in [1.54, 1.807) is 12.4 Å². The van der Waals surface area contributed by atoms with Crippen LogP contribution in [-0.4, -0.2) is 15.0 Å². The summed E-state index contributed by atoms with van der Waals surface area (Å²) in [6.45, 7) is 0. The Labute approximate surface area is 230 Å². The zero-order valence-corrected chi connectivity index (χ0v) is 22.3. The van der Waals surface area contributed by atoms with Crippen molar-refractivity contribution in [2.24, 2.45) is 0 Å². The number of aromatic nitrogens is 3. The second-order valence-corrected chi connectivity index (χ2v) is 8.52. The molecule has 0 saturated carbocycles. The summed E-state index contributed by atoms with van der Waals surface area (Å²) in [6, 6.07) is 42.9. The molecule has 4 aromatic carbocycles. The Balaban J connectivity index is 0.00000280. The first kappa shape index (κ1) is 24.5. The van der Waals surface area contributed by atoms with Crippen molar-refractivity contribution in [2.45, 2.75) is 0 Å². The molecule has 0 N–H and O–H groups in total. The van der Waals surface area contributed by atoms with Crippen molar-refractivity contribution in [2.75, 3.05) is 0 Å². The molecule has 2 aromatic heterocycles. The summed E-state index contributed by atoms with van der Waals surface area (Å²) in [5, 5.41) is 0. The van der Waals surface area contributed by atoms with Gasteiger partial charge < -0.3 is 4.98 Å². The molecule has 2 heterocycles. The van der Waals surface area contributed by atoms with Crippen molar-refractivity contribution >= 4 is 0 Å². The first-order valence-electron chi connectivity index (χ1n) is 11.9. The monoisotopic (exact) mass is 653 g/mol. The maximum Gasteiger partial charge on any atom is 0.159 e. The Morgan fingerprint density at radius 1 is 0.432 bits per heavy atom. The summed E-state index contributed by atoms with van der Waals surface area (Å²) in [5.74, 6) is 0.714. The number of nitrogens with zero attached hydrogens (tertiary/aromatic N) is 3. The molecule has 0 aliphatic heterocycles. The number of pyridine rings is 1. The van der Waals surface area contributed by atoms with Crippen LogP contribution in [-0.2, 0) is 20.1 Å². The molecule has 1 radical (unpaired) electrons. The largest absolute Gasteiger partial charge is 0.305 e. The number of hydrogen-bond donors (Lipinski definition) is 0. The average molecular weight is 653 g/mol. The molecule has 0 bridgehead atoms. The van der Waals surface area contributed by atoms with Gasteiger partial charge in [0.15, 0.2) is 5.82 Å². The Bertz CT molecular complexity index is 1560. The van der Waals surface area contributed by atoms with E-state index in [1.807, 2.05) is 42.6 Å². The molecule has 0 atom stereocenters. The van der Waals surface area contributed by atoms with Crippen LogP contribution in [0.1, 0.15) is 0 Å². The number of rotatable bonds is 5. The van der Waals surface area contributed by atoms with Gasteiger partial charge >= 0.3 is 0 Å². The summed E-state index contributed by atoms with van der Waals surface area (Å²) in [5.41, 5.74) is 9.70. The van der Waals surface area contributed by atoms with E-state index in [1.165, 1.54) is 0 Å². The summed E-state index contributed by atoms with van der Waals surface area (Å²) in [6.07, 6.45) is 5.37. The molecule has 0 fully saturated rings. The van der Waals surface area contributed by atoms with Crippen LogP contribution in [0.3, 0.4) is 0 Å². The first-order valence-corrected chi connectivity index (χ1v) is 11.9. The zero-order valence-electron chi connectivity index (χ0n) is 19.9. The first-order chi connectivity index (χ1) is 17.8. The minimum Gasteiger partial charge on any atom is -0.305 e. The third kappa shape index (κ3) is 5.46. The Morgan fingerprint density at radius 2 is 1.03 bits per heavy atom. The normalized spacial score (nSPS) is 10.5. The molecule has 0 unspecified atom stereocenters. The van der Waals surface area contributed by atoms with E-state index in [2.05, 4.69) is 99.9 Å². The van der Waals surface area contributed by atoms with E-state index < -0.39 is 0 Å². The van der Waals surface area contributed by atoms with Gasteiger partial charge in [0.1, 0.15) is 0 Å². The van der Waals surface area contributed by atoms with E-state index in [0.717, 1.165) is 50.2 Å². The van der Waals surface area contributed by atoms with Gasteiger partial charge in [-0.2, -0.15) is 0 Å². The van der Waals surface area contributed by atoms with Crippen LogP contribution in [0.15, 0.2) is 134 Å². The van der Waals surface area contributed by atoms with Crippen LogP contribution in [0, 0.1) is 6.07 Å². The van der Waals surface area contributed by atoms with Gasteiger partial charge in [0.2, 0.25) is 0 Å². The molecule has 0 aliphatic carbocycles. The van der Waals surface area contributed by atoms with Gasteiger partial charge in [-0.15, -0.1) is 35.4 Å². The van der Waals surface area contributed by atoms with Gasteiger partial charge in [0, 0.05) is 44.3 Å². The van der Waals surface area contributed by atoms with Gasteiger partial charge in [0.05, 0.1) is 0 Å². The minimum atomic E-state index is 0. The summed E-state index contributed by atoms with van der Waals surface area (Å²) in [4.78, 5) is 13.5. The molecule has 179 valence electrons. The van der Waals surface area contributed by atoms with E-state index in [0.29, 0.717) is 5.82 Å². The second-order valence-electron chi connectivity index (χ2n) is 8.52. The number of benzene rings is 4. The third-order valence-corrected chi connectivity index (χ3v) is 6.14. The fourth-order valence-corrected chi connectivity index (χ4v) is 4.36. The van der Waals surface area contributed by atoms with Crippen molar-refractivity contribution in [3.63, 3.8) is 0 Å². The van der Waals surface area contributed by atoms with E-state index >= 15 is 0 Å². The molecule has 0 saturated heterocycles. The predicted octanol–water partition coefficient (Wildman–Crippen LogP) is 8.00. The standard InChI is InChI=1S/C33H22N3.Ir/c1-2-9-24(10-3-1)29-21-30(23-31(22-29)33-35-17-8-18-36-33)27-13-6-11-25(19-27)26-12-7-14-28(20-26)32-15-4-5-16-34-32;/h1-13,15-23H;/q-1;. The molecule has 0 amide bonds.